The third-order valence-corrected chi connectivity index (χ3v) is 3.41. The van der Waals surface area contributed by atoms with Gasteiger partial charge in [-0.3, -0.25) is 19.3 Å². The lowest BCUT2D eigenvalue weighted by atomic mass is 10.3. The summed E-state index contributed by atoms with van der Waals surface area (Å²) in [4.78, 5) is 35.8. The van der Waals surface area contributed by atoms with E-state index in [0.717, 1.165) is 16.7 Å². The number of rotatable bonds is 3. The Hall–Kier alpha value is -2.02. The van der Waals surface area contributed by atoms with Gasteiger partial charge in [-0.1, -0.05) is 17.8 Å². The molecule has 3 N–H and O–H groups in total. The maximum absolute atomic E-state index is 11.8. The first-order chi connectivity index (χ1) is 9.06. The van der Waals surface area contributed by atoms with E-state index < -0.39 is 5.91 Å². The number of thioether (sulfide) groups is 1. The number of nitrogen functional groups attached to an aromatic ring is 1. The van der Waals surface area contributed by atoms with Crippen LogP contribution in [0.15, 0.2) is 24.3 Å². The Morgan fingerprint density at radius 1 is 1.42 bits per heavy atom. The van der Waals surface area contributed by atoms with Gasteiger partial charge < -0.3 is 11.1 Å². The van der Waals surface area contributed by atoms with Gasteiger partial charge in [0.15, 0.2) is 0 Å². The van der Waals surface area contributed by atoms with Crippen LogP contribution in [0.4, 0.5) is 16.2 Å². The summed E-state index contributed by atoms with van der Waals surface area (Å²) in [6, 6.07) is 6.69. The van der Waals surface area contributed by atoms with Crippen LogP contribution in [0.1, 0.15) is 6.42 Å². The number of amides is 3. The third kappa shape index (κ3) is 3.47. The number of imide groups is 1. The van der Waals surface area contributed by atoms with E-state index in [4.69, 9.17) is 5.73 Å². The van der Waals surface area contributed by atoms with E-state index in [2.05, 4.69) is 5.32 Å². The van der Waals surface area contributed by atoms with Gasteiger partial charge >= 0.3 is 0 Å². The van der Waals surface area contributed by atoms with Gasteiger partial charge in [-0.05, 0) is 18.2 Å². The number of anilines is 2. The summed E-state index contributed by atoms with van der Waals surface area (Å²) in [5, 5.41) is 2.22. The van der Waals surface area contributed by atoms with Crippen LogP contribution in [0.25, 0.3) is 0 Å². The number of carbonyl (C=O) groups is 3. The topological polar surface area (TPSA) is 92.5 Å². The number of nitrogens with two attached hydrogens (primary N) is 1. The van der Waals surface area contributed by atoms with Gasteiger partial charge in [0.05, 0.1) is 0 Å². The molecular formula is C12H13N3O3S. The summed E-state index contributed by atoms with van der Waals surface area (Å²) in [5.74, 6) is -0.258. The van der Waals surface area contributed by atoms with Gasteiger partial charge in [-0.15, -0.1) is 0 Å². The van der Waals surface area contributed by atoms with Crippen LogP contribution in [-0.4, -0.2) is 34.3 Å². The number of benzene rings is 1. The molecule has 1 heterocycles. The highest BCUT2D eigenvalue weighted by atomic mass is 32.2. The van der Waals surface area contributed by atoms with Gasteiger partial charge in [-0.25, -0.2) is 0 Å². The predicted molar refractivity (Wildman–Crippen MR) is 73.7 cm³/mol. The van der Waals surface area contributed by atoms with Crippen molar-refractivity contribution < 1.29 is 14.4 Å². The van der Waals surface area contributed by atoms with E-state index in [1.54, 1.807) is 24.3 Å². The molecule has 100 valence electrons. The molecule has 3 amide bonds. The van der Waals surface area contributed by atoms with Crippen molar-refractivity contribution in [2.24, 2.45) is 0 Å². The molecule has 0 bridgehead atoms. The van der Waals surface area contributed by atoms with E-state index in [1.807, 2.05) is 0 Å². The monoisotopic (exact) mass is 279 g/mol. The van der Waals surface area contributed by atoms with Crippen LogP contribution < -0.4 is 11.1 Å². The molecule has 0 saturated carbocycles. The maximum Gasteiger partial charge on any atom is 0.288 e. The molecule has 0 aromatic heterocycles. The molecule has 0 atom stereocenters. The molecule has 19 heavy (non-hydrogen) atoms. The van der Waals surface area contributed by atoms with Crippen molar-refractivity contribution in [3.05, 3.63) is 24.3 Å². The van der Waals surface area contributed by atoms with Crippen LogP contribution in [0, 0.1) is 0 Å². The minimum Gasteiger partial charge on any atom is -0.399 e. The van der Waals surface area contributed by atoms with Crippen LogP contribution in [0.2, 0.25) is 0 Å². The van der Waals surface area contributed by atoms with Gasteiger partial charge in [0, 0.05) is 23.5 Å². The zero-order valence-electron chi connectivity index (χ0n) is 10.1. The summed E-state index contributed by atoms with van der Waals surface area (Å²) in [6.45, 7) is -0.264. The van der Waals surface area contributed by atoms with E-state index >= 15 is 0 Å². The number of carbonyl (C=O) groups excluding carboxylic acids is 3. The Labute approximate surface area is 114 Å². The molecule has 6 nitrogen and oxygen atoms in total. The van der Waals surface area contributed by atoms with Gasteiger partial charge in [0.1, 0.15) is 6.54 Å². The van der Waals surface area contributed by atoms with Crippen LogP contribution in [0.5, 0.6) is 0 Å². The summed E-state index contributed by atoms with van der Waals surface area (Å²) in [7, 11) is 0. The molecule has 1 aromatic rings. The quantitative estimate of drug-likeness (QED) is 0.813. The molecule has 1 fully saturated rings. The first kappa shape index (κ1) is 13.4. The van der Waals surface area contributed by atoms with Crippen molar-refractivity contribution in [3.8, 4) is 0 Å². The van der Waals surface area contributed by atoms with E-state index in [9.17, 15) is 14.4 Å². The standard InChI is InChI=1S/C12H13N3O3S/c13-8-2-1-3-9(6-8)14-10(16)7-15-11(17)4-5-19-12(15)18/h1-3,6H,4-5,7,13H2,(H,14,16). The number of hydrogen-bond donors (Lipinski definition) is 2. The Kier molecular flexibility index (Phi) is 4.06. The number of nitrogens with one attached hydrogen (secondary N) is 1. The average Bonchev–Trinajstić information content (AvgIpc) is 2.34. The zero-order chi connectivity index (χ0) is 13.8. The van der Waals surface area contributed by atoms with Crippen LogP contribution in [-0.2, 0) is 9.59 Å². The molecule has 1 aromatic carbocycles. The van der Waals surface area contributed by atoms with Crippen molar-refractivity contribution >= 4 is 40.2 Å². The minimum atomic E-state index is -0.421. The molecule has 1 aliphatic rings. The second kappa shape index (κ2) is 5.75. The Morgan fingerprint density at radius 2 is 2.21 bits per heavy atom. The van der Waals surface area contributed by atoms with Crippen molar-refractivity contribution in [3.63, 3.8) is 0 Å². The third-order valence-electron chi connectivity index (χ3n) is 2.54. The molecule has 7 heteroatoms. The Bertz CT molecular complexity index is 517. The van der Waals surface area contributed by atoms with Crippen molar-refractivity contribution in [1.29, 1.82) is 0 Å². The maximum atomic E-state index is 11.8. The predicted octanol–water partition coefficient (Wildman–Crippen LogP) is 1.29. The largest absolute Gasteiger partial charge is 0.399 e. The fourth-order valence-corrected chi connectivity index (χ4v) is 2.43. The lowest BCUT2D eigenvalue weighted by Gasteiger charge is -2.23. The fraction of sp³-hybridized carbons (Fsp3) is 0.250. The Balaban J connectivity index is 1.97. The fourth-order valence-electron chi connectivity index (χ4n) is 1.65. The highest BCUT2D eigenvalue weighted by Crippen LogP contribution is 2.18. The lowest BCUT2D eigenvalue weighted by Crippen LogP contribution is -2.43. The minimum absolute atomic E-state index is 0.264. The molecule has 0 aliphatic carbocycles. The second-order valence-corrected chi connectivity index (χ2v) is 5.06. The number of hydrogen-bond acceptors (Lipinski definition) is 5. The second-order valence-electron chi connectivity index (χ2n) is 4.02. The van der Waals surface area contributed by atoms with Crippen LogP contribution >= 0.6 is 11.8 Å². The lowest BCUT2D eigenvalue weighted by molar-refractivity contribution is -0.131. The zero-order valence-corrected chi connectivity index (χ0v) is 10.9. The van der Waals surface area contributed by atoms with E-state index in [-0.39, 0.29) is 24.1 Å². The van der Waals surface area contributed by atoms with Crippen LogP contribution in [0.3, 0.4) is 0 Å². The van der Waals surface area contributed by atoms with Gasteiger partial charge in [0.25, 0.3) is 5.24 Å². The van der Waals surface area contributed by atoms with Crippen molar-refractivity contribution in [2.75, 3.05) is 23.3 Å². The van der Waals surface area contributed by atoms with Crippen molar-refractivity contribution in [2.45, 2.75) is 6.42 Å². The van der Waals surface area contributed by atoms with Crippen molar-refractivity contribution in [1.82, 2.24) is 4.90 Å². The highest BCUT2D eigenvalue weighted by molar-refractivity contribution is 8.13. The van der Waals surface area contributed by atoms with Gasteiger partial charge in [0.2, 0.25) is 11.8 Å². The van der Waals surface area contributed by atoms with E-state index in [1.165, 1.54) is 0 Å². The first-order valence-electron chi connectivity index (χ1n) is 5.69. The molecule has 0 unspecified atom stereocenters. The van der Waals surface area contributed by atoms with E-state index in [0.29, 0.717) is 17.1 Å². The summed E-state index contributed by atoms with van der Waals surface area (Å²) >= 11 is 1.05. The van der Waals surface area contributed by atoms with Gasteiger partial charge in [-0.2, -0.15) is 0 Å². The smallest absolute Gasteiger partial charge is 0.288 e. The summed E-state index contributed by atoms with van der Waals surface area (Å²) in [5.41, 5.74) is 6.65. The molecular weight excluding hydrogens is 266 g/mol. The first-order valence-corrected chi connectivity index (χ1v) is 6.67. The summed E-state index contributed by atoms with van der Waals surface area (Å²) in [6.07, 6.45) is 0.280. The molecule has 1 aliphatic heterocycles. The number of nitrogens with zero attached hydrogens (tertiary/aromatic N) is 1. The normalized spacial score (nSPS) is 15.5. The SMILES string of the molecule is Nc1cccc(NC(=O)CN2C(=O)CCSC2=O)c1. The molecule has 0 spiro atoms. The summed E-state index contributed by atoms with van der Waals surface area (Å²) < 4.78 is 0. The Morgan fingerprint density at radius 3 is 2.89 bits per heavy atom. The highest BCUT2D eigenvalue weighted by Gasteiger charge is 2.28. The molecule has 1 saturated heterocycles. The molecule has 0 radical (unpaired) electrons. The molecule has 2 rings (SSSR count). The average molecular weight is 279 g/mol.